The molecule has 0 aliphatic carbocycles. The summed E-state index contributed by atoms with van der Waals surface area (Å²) in [7, 11) is 0. The predicted molar refractivity (Wildman–Crippen MR) is 74.2 cm³/mol. The zero-order chi connectivity index (χ0) is 13.8. The third-order valence-corrected chi connectivity index (χ3v) is 4.18. The fraction of sp³-hybridized carbons (Fsp3) is 0.667. The molecule has 2 fully saturated rings. The number of aromatic nitrogens is 1. The molecular weight excluding hydrogens is 256 g/mol. The molecule has 2 aliphatic heterocycles. The molecule has 5 heteroatoms. The van der Waals surface area contributed by atoms with Gasteiger partial charge in [-0.2, -0.15) is 0 Å². The van der Waals surface area contributed by atoms with Crippen LogP contribution in [-0.4, -0.2) is 60.5 Å². The van der Waals surface area contributed by atoms with E-state index >= 15 is 0 Å². The Balaban J connectivity index is 1.43. The van der Waals surface area contributed by atoms with E-state index in [4.69, 9.17) is 9.47 Å². The minimum Gasteiger partial charge on any atom is -0.396 e. The van der Waals surface area contributed by atoms with Crippen LogP contribution < -0.4 is 0 Å². The van der Waals surface area contributed by atoms with E-state index in [1.807, 2.05) is 12.1 Å². The number of pyridine rings is 1. The van der Waals surface area contributed by atoms with E-state index in [0.717, 1.165) is 31.6 Å². The van der Waals surface area contributed by atoms with Crippen molar-refractivity contribution in [3.8, 4) is 0 Å². The van der Waals surface area contributed by atoms with Crippen molar-refractivity contribution in [1.82, 2.24) is 9.88 Å². The summed E-state index contributed by atoms with van der Waals surface area (Å²) >= 11 is 0. The number of ether oxygens (including phenoxy) is 2. The first kappa shape index (κ1) is 13.9. The number of hydrogen-bond donors (Lipinski definition) is 1. The summed E-state index contributed by atoms with van der Waals surface area (Å²) < 4.78 is 11.2. The number of nitrogens with zero attached hydrogens (tertiary/aromatic N) is 2. The average Bonchev–Trinajstić information content (AvgIpc) is 2.89. The highest BCUT2D eigenvalue weighted by Gasteiger charge is 2.41. The van der Waals surface area contributed by atoms with E-state index in [1.54, 1.807) is 12.4 Å². The molecule has 0 spiro atoms. The minimum absolute atomic E-state index is 0.0278. The van der Waals surface area contributed by atoms with Crippen LogP contribution in [0.5, 0.6) is 0 Å². The standard InChI is InChI=1S/C15H22N2O3/c18-10-15(11-19-12-15)9-17-6-3-14(7-17)20-8-13-1-4-16-5-2-13/h1-2,4-5,14,18H,3,6-12H2. The SMILES string of the molecule is OCC1(CN2CCC(OCc3ccncc3)C2)COC1. The summed E-state index contributed by atoms with van der Waals surface area (Å²) in [6, 6.07) is 3.97. The molecule has 1 unspecified atom stereocenters. The fourth-order valence-corrected chi connectivity index (χ4v) is 2.87. The Morgan fingerprint density at radius 3 is 2.85 bits per heavy atom. The lowest BCUT2D eigenvalue weighted by molar-refractivity contribution is -0.147. The van der Waals surface area contributed by atoms with Gasteiger partial charge in [-0.05, 0) is 24.1 Å². The molecule has 0 bridgehead atoms. The van der Waals surface area contributed by atoms with Crippen molar-refractivity contribution < 1.29 is 14.6 Å². The second-order valence-electron chi connectivity index (χ2n) is 5.96. The van der Waals surface area contributed by atoms with Gasteiger partial charge in [0.2, 0.25) is 0 Å². The topological polar surface area (TPSA) is 54.8 Å². The highest BCUT2D eigenvalue weighted by Crippen LogP contribution is 2.29. The van der Waals surface area contributed by atoms with Crippen LogP contribution in [0, 0.1) is 5.41 Å². The van der Waals surface area contributed by atoms with Gasteiger partial charge in [-0.1, -0.05) is 0 Å². The van der Waals surface area contributed by atoms with E-state index < -0.39 is 0 Å². The third-order valence-electron chi connectivity index (χ3n) is 4.18. The smallest absolute Gasteiger partial charge is 0.0722 e. The largest absolute Gasteiger partial charge is 0.396 e. The molecule has 5 nitrogen and oxygen atoms in total. The molecule has 2 aliphatic rings. The molecule has 3 rings (SSSR count). The molecule has 0 radical (unpaired) electrons. The lowest BCUT2D eigenvalue weighted by atomic mass is 9.86. The van der Waals surface area contributed by atoms with Crippen molar-refractivity contribution in [3.05, 3.63) is 30.1 Å². The monoisotopic (exact) mass is 278 g/mol. The van der Waals surface area contributed by atoms with E-state index in [1.165, 1.54) is 0 Å². The van der Waals surface area contributed by atoms with Crippen molar-refractivity contribution in [2.24, 2.45) is 5.41 Å². The first-order valence-electron chi connectivity index (χ1n) is 7.21. The van der Waals surface area contributed by atoms with Crippen LogP contribution in [-0.2, 0) is 16.1 Å². The highest BCUT2D eigenvalue weighted by atomic mass is 16.5. The maximum Gasteiger partial charge on any atom is 0.0722 e. The lowest BCUT2D eigenvalue weighted by Crippen LogP contribution is -2.53. The third kappa shape index (κ3) is 3.17. The van der Waals surface area contributed by atoms with Crippen molar-refractivity contribution in [3.63, 3.8) is 0 Å². The van der Waals surface area contributed by atoms with Gasteiger partial charge in [-0.25, -0.2) is 0 Å². The van der Waals surface area contributed by atoms with Gasteiger partial charge in [0.05, 0.1) is 37.9 Å². The summed E-state index contributed by atoms with van der Waals surface area (Å²) in [6.07, 6.45) is 4.94. The van der Waals surface area contributed by atoms with Gasteiger partial charge in [0.1, 0.15) is 0 Å². The van der Waals surface area contributed by atoms with Crippen molar-refractivity contribution in [2.45, 2.75) is 19.1 Å². The van der Waals surface area contributed by atoms with E-state index in [9.17, 15) is 5.11 Å². The Morgan fingerprint density at radius 1 is 1.40 bits per heavy atom. The molecule has 0 aromatic carbocycles. The van der Waals surface area contributed by atoms with Crippen LogP contribution in [0.2, 0.25) is 0 Å². The quantitative estimate of drug-likeness (QED) is 0.829. The van der Waals surface area contributed by atoms with Crippen LogP contribution in [0.4, 0.5) is 0 Å². The van der Waals surface area contributed by atoms with Crippen molar-refractivity contribution in [2.75, 3.05) is 39.5 Å². The summed E-state index contributed by atoms with van der Waals surface area (Å²) in [4.78, 5) is 6.39. The van der Waals surface area contributed by atoms with Crippen LogP contribution >= 0.6 is 0 Å². The normalized spacial score (nSPS) is 25.6. The maximum atomic E-state index is 9.47. The van der Waals surface area contributed by atoms with Gasteiger partial charge in [0, 0.05) is 32.0 Å². The summed E-state index contributed by atoms with van der Waals surface area (Å²) in [6.45, 7) is 5.14. The summed E-state index contributed by atoms with van der Waals surface area (Å²) in [5.41, 5.74) is 1.14. The predicted octanol–water partition coefficient (Wildman–Crippen LogP) is 0.681. The van der Waals surface area contributed by atoms with Gasteiger partial charge in [0.15, 0.2) is 0 Å². The molecule has 1 aromatic heterocycles. The average molecular weight is 278 g/mol. The number of likely N-dealkylation sites (tertiary alicyclic amines) is 1. The molecule has 0 amide bonds. The maximum absolute atomic E-state index is 9.47. The Kier molecular flexibility index (Phi) is 4.31. The van der Waals surface area contributed by atoms with Crippen LogP contribution in [0.1, 0.15) is 12.0 Å². The molecule has 0 saturated carbocycles. The Bertz CT molecular complexity index is 417. The molecule has 1 atom stereocenters. The molecular formula is C15H22N2O3. The van der Waals surface area contributed by atoms with Gasteiger partial charge in [-0.3, -0.25) is 9.88 Å². The van der Waals surface area contributed by atoms with Gasteiger partial charge in [0.25, 0.3) is 0 Å². The molecule has 3 heterocycles. The van der Waals surface area contributed by atoms with E-state index in [0.29, 0.717) is 25.9 Å². The number of hydrogen-bond acceptors (Lipinski definition) is 5. The molecule has 1 N–H and O–H groups in total. The highest BCUT2D eigenvalue weighted by molar-refractivity contribution is 5.08. The zero-order valence-corrected chi connectivity index (χ0v) is 11.7. The number of aliphatic hydroxyl groups excluding tert-OH is 1. The fourth-order valence-electron chi connectivity index (χ4n) is 2.87. The summed E-state index contributed by atoms with van der Waals surface area (Å²) in [5, 5.41) is 9.47. The van der Waals surface area contributed by atoms with Crippen LogP contribution in [0.15, 0.2) is 24.5 Å². The molecule has 1 aromatic rings. The molecule has 110 valence electrons. The Labute approximate surface area is 119 Å². The van der Waals surface area contributed by atoms with Gasteiger partial charge < -0.3 is 14.6 Å². The van der Waals surface area contributed by atoms with Crippen LogP contribution in [0.3, 0.4) is 0 Å². The van der Waals surface area contributed by atoms with E-state index in [2.05, 4.69) is 9.88 Å². The van der Waals surface area contributed by atoms with Crippen molar-refractivity contribution >= 4 is 0 Å². The van der Waals surface area contributed by atoms with Gasteiger partial charge >= 0.3 is 0 Å². The lowest BCUT2D eigenvalue weighted by Gasteiger charge is -2.42. The molecule has 20 heavy (non-hydrogen) atoms. The Morgan fingerprint density at radius 2 is 2.20 bits per heavy atom. The van der Waals surface area contributed by atoms with Crippen molar-refractivity contribution in [1.29, 1.82) is 0 Å². The number of aliphatic hydroxyl groups is 1. The number of rotatable bonds is 6. The van der Waals surface area contributed by atoms with Gasteiger partial charge in [-0.15, -0.1) is 0 Å². The van der Waals surface area contributed by atoms with E-state index in [-0.39, 0.29) is 12.0 Å². The summed E-state index contributed by atoms with van der Waals surface area (Å²) in [5.74, 6) is 0. The Hall–Kier alpha value is -1.01. The minimum atomic E-state index is -0.0278. The molecule has 2 saturated heterocycles. The first-order valence-corrected chi connectivity index (χ1v) is 7.21. The van der Waals surface area contributed by atoms with Crippen LogP contribution in [0.25, 0.3) is 0 Å². The second kappa shape index (κ2) is 6.18. The second-order valence-corrected chi connectivity index (χ2v) is 5.96. The first-order chi connectivity index (χ1) is 9.80. The zero-order valence-electron chi connectivity index (χ0n) is 11.7.